The largest absolute Gasteiger partial charge is 0.289 e. The molecule has 0 aliphatic carbocycles. The second kappa shape index (κ2) is 6.33. The number of carbonyl (C=O) groups excluding carboxylic acids is 1. The Morgan fingerprint density at radius 1 is 0.947 bits per heavy atom. The van der Waals surface area contributed by atoms with Crippen molar-refractivity contribution in [3.63, 3.8) is 0 Å². The molecule has 0 aromatic heterocycles. The van der Waals surface area contributed by atoms with Gasteiger partial charge < -0.3 is 0 Å². The van der Waals surface area contributed by atoms with Crippen LogP contribution in [0.15, 0.2) is 54.6 Å². The molecule has 2 aromatic rings. The molecule has 0 radical (unpaired) electrons. The molecule has 1 nitrogen and oxygen atoms in total. The van der Waals surface area contributed by atoms with Crippen LogP contribution in [-0.2, 0) is 6.42 Å². The summed E-state index contributed by atoms with van der Waals surface area (Å²) in [6.45, 7) is 4.46. The summed E-state index contributed by atoms with van der Waals surface area (Å²) < 4.78 is 0. The molecule has 98 valence electrons. The summed E-state index contributed by atoms with van der Waals surface area (Å²) in [6, 6.07) is 17.4. The fraction of sp³-hybridized carbons (Fsp3) is 0.278. The van der Waals surface area contributed by atoms with E-state index >= 15 is 0 Å². The lowest BCUT2D eigenvalue weighted by atomic mass is 9.96. The first-order valence-electron chi connectivity index (χ1n) is 6.89. The van der Waals surface area contributed by atoms with Crippen LogP contribution in [0.1, 0.15) is 41.8 Å². The zero-order valence-corrected chi connectivity index (χ0v) is 11.6. The first kappa shape index (κ1) is 13.5. The van der Waals surface area contributed by atoms with E-state index in [-0.39, 0.29) is 5.78 Å². The van der Waals surface area contributed by atoms with Gasteiger partial charge in [0.15, 0.2) is 5.78 Å². The number of hydrogen-bond donors (Lipinski definition) is 0. The molecule has 0 bridgehead atoms. The first-order valence-corrected chi connectivity index (χ1v) is 6.89. The minimum atomic E-state index is 0.0932. The van der Waals surface area contributed by atoms with Crippen molar-refractivity contribution in [2.45, 2.75) is 26.7 Å². The standard InChI is InChI=1S/C18H20O/c1-3-14(2)13-15-9-11-17(12-10-15)18(19)16-7-5-4-6-8-16/h4-12,14H,3,13H2,1-2H3. The van der Waals surface area contributed by atoms with Gasteiger partial charge in [0.25, 0.3) is 0 Å². The Bertz CT molecular complexity index is 525. The molecule has 0 amide bonds. The summed E-state index contributed by atoms with van der Waals surface area (Å²) in [4.78, 5) is 12.2. The Hall–Kier alpha value is -1.89. The third kappa shape index (κ3) is 3.54. The number of hydrogen-bond acceptors (Lipinski definition) is 1. The topological polar surface area (TPSA) is 17.1 Å². The Balaban J connectivity index is 2.12. The van der Waals surface area contributed by atoms with Gasteiger partial charge in [-0.15, -0.1) is 0 Å². The van der Waals surface area contributed by atoms with Gasteiger partial charge in [-0.05, 0) is 17.9 Å². The van der Waals surface area contributed by atoms with Crippen LogP contribution in [-0.4, -0.2) is 5.78 Å². The lowest BCUT2D eigenvalue weighted by Gasteiger charge is -2.08. The van der Waals surface area contributed by atoms with Gasteiger partial charge in [-0.25, -0.2) is 0 Å². The maximum Gasteiger partial charge on any atom is 0.193 e. The van der Waals surface area contributed by atoms with E-state index < -0.39 is 0 Å². The molecule has 0 aliphatic heterocycles. The molecule has 2 aromatic carbocycles. The zero-order valence-electron chi connectivity index (χ0n) is 11.6. The van der Waals surface area contributed by atoms with Gasteiger partial charge in [0, 0.05) is 11.1 Å². The monoisotopic (exact) mass is 252 g/mol. The highest BCUT2D eigenvalue weighted by Crippen LogP contribution is 2.15. The molecule has 0 fully saturated rings. The Morgan fingerprint density at radius 3 is 2.11 bits per heavy atom. The van der Waals surface area contributed by atoms with Crippen molar-refractivity contribution in [3.05, 3.63) is 71.3 Å². The second-order valence-corrected chi connectivity index (χ2v) is 5.11. The van der Waals surface area contributed by atoms with Gasteiger partial charge in [-0.3, -0.25) is 4.79 Å². The van der Waals surface area contributed by atoms with Crippen LogP contribution in [0.25, 0.3) is 0 Å². The summed E-state index contributed by atoms with van der Waals surface area (Å²) in [5.41, 5.74) is 2.82. The summed E-state index contributed by atoms with van der Waals surface area (Å²) in [7, 11) is 0. The molecule has 1 atom stereocenters. The van der Waals surface area contributed by atoms with Crippen LogP contribution < -0.4 is 0 Å². The average molecular weight is 252 g/mol. The summed E-state index contributed by atoms with van der Waals surface area (Å²) in [5.74, 6) is 0.784. The zero-order chi connectivity index (χ0) is 13.7. The highest BCUT2D eigenvalue weighted by atomic mass is 16.1. The van der Waals surface area contributed by atoms with Gasteiger partial charge in [0.1, 0.15) is 0 Å². The molecule has 19 heavy (non-hydrogen) atoms. The summed E-state index contributed by atoms with van der Waals surface area (Å²) in [6.07, 6.45) is 2.26. The van der Waals surface area contributed by atoms with E-state index in [1.165, 1.54) is 12.0 Å². The van der Waals surface area contributed by atoms with Crippen molar-refractivity contribution < 1.29 is 4.79 Å². The van der Waals surface area contributed by atoms with Crippen molar-refractivity contribution >= 4 is 5.78 Å². The van der Waals surface area contributed by atoms with Gasteiger partial charge in [0.2, 0.25) is 0 Å². The lowest BCUT2D eigenvalue weighted by Crippen LogP contribution is -2.02. The average Bonchev–Trinajstić information content (AvgIpc) is 2.48. The van der Waals surface area contributed by atoms with Crippen LogP contribution in [0.4, 0.5) is 0 Å². The van der Waals surface area contributed by atoms with Crippen LogP contribution in [0.2, 0.25) is 0 Å². The molecule has 2 rings (SSSR count). The van der Waals surface area contributed by atoms with Crippen LogP contribution in [0.5, 0.6) is 0 Å². The minimum absolute atomic E-state index is 0.0932. The van der Waals surface area contributed by atoms with Crippen molar-refractivity contribution in [1.82, 2.24) is 0 Å². The summed E-state index contributed by atoms with van der Waals surface area (Å²) in [5, 5.41) is 0. The molecule has 0 saturated heterocycles. The fourth-order valence-corrected chi connectivity index (χ4v) is 2.10. The number of ketones is 1. The molecule has 0 saturated carbocycles. The molecular formula is C18H20O. The first-order chi connectivity index (χ1) is 9.20. The van der Waals surface area contributed by atoms with E-state index in [1.54, 1.807) is 0 Å². The molecule has 0 spiro atoms. The highest BCUT2D eigenvalue weighted by molar-refractivity contribution is 6.08. The maximum atomic E-state index is 12.2. The smallest absolute Gasteiger partial charge is 0.193 e. The second-order valence-electron chi connectivity index (χ2n) is 5.11. The van der Waals surface area contributed by atoms with Crippen LogP contribution in [0, 0.1) is 5.92 Å². The van der Waals surface area contributed by atoms with Crippen LogP contribution in [0.3, 0.4) is 0 Å². The molecule has 1 unspecified atom stereocenters. The number of carbonyl (C=O) groups is 1. The van der Waals surface area contributed by atoms with E-state index in [0.29, 0.717) is 5.92 Å². The fourth-order valence-electron chi connectivity index (χ4n) is 2.10. The Kier molecular flexibility index (Phi) is 4.51. The third-order valence-corrected chi connectivity index (χ3v) is 3.53. The predicted octanol–water partition coefficient (Wildman–Crippen LogP) is 4.51. The lowest BCUT2D eigenvalue weighted by molar-refractivity contribution is 0.103. The van der Waals surface area contributed by atoms with E-state index in [0.717, 1.165) is 17.5 Å². The van der Waals surface area contributed by atoms with Gasteiger partial charge >= 0.3 is 0 Å². The molecule has 0 N–H and O–H groups in total. The number of rotatable bonds is 5. The van der Waals surface area contributed by atoms with E-state index in [9.17, 15) is 4.79 Å². The SMILES string of the molecule is CCC(C)Cc1ccc(C(=O)c2ccccc2)cc1. The summed E-state index contributed by atoms with van der Waals surface area (Å²) >= 11 is 0. The quantitative estimate of drug-likeness (QED) is 0.716. The van der Waals surface area contributed by atoms with E-state index in [4.69, 9.17) is 0 Å². The highest BCUT2D eigenvalue weighted by Gasteiger charge is 2.08. The van der Waals surface area contributed by atoms with Gasteiger partial charge in [-0.2, -0.15) is 0 Å². The van der Waals surface area contributed by atoms with Crippen LogP contribution >= 0.6 is 0 Å². The normalized spacial score (nSPS) is 12.1. The molecule has 1 heteroatoms. The number of benzene rings is 2. The third-order valence-electron chi connectivity index (χ3n) is 3.53. The van der Waals surface area contributed by atoms with E-state index in [1.807, 2.05) is 42.5 Å². The Morgan fingerprint density at radius 2 is 1.53 bits per heavy atom. The molecular weight excluding hydrogens is 232 g/mol. The minimum Gasteiger partial charge on any atom is -0.289 e. The van der Waals surface area contributed by atoms with Gasteiger partial charge in [0.05, 0.1) is 0 Å². The van der Waals surface area contributed by atoms with Crippen molar-refractivity contribution in [2.24, 2.45) is 5.92 Å². The van der Waals surface area contributed by atoms with Crippen molar-refractivity contribution in [2.75, 3.05) is 0 Å². The van der Waals surface area contributed by atoms with Gasteiger partial charge in [-0.1, -0.05) is 74.9 Å². The predicted molar refractivity (Wildman–Crippen MR) is 79.5 cm³/mol. The molecule has 0 heterocycles. The van der Waals surface area contributed by atoms with E-state index in [2.05, 4.69) is 26.0 Å². The van der Waals surface area contributed by atoms with Crippen molar-refractivity contribution in [1.29, 1.82) is 0 Å². The van der Waals surface area contributed by atoms with Crippen molar-refractivity contribution in [3.8, 4) is 0 Å². The Labute approximate surface area is 115 Å². The maximum absolute atomic E-state index is 12.2. The molecule has 0 aliphatic rings.